The minimum Gasteiger partial charge on any atom is -0.350 e. The van der Waals surface area contributed by atoms with Gasteiger partial charge in [-0.15, -0.1) is 0 Å². The fourth-order valence-corrected chi connectivity index (χ4v) is 1.70. The van der Waals surface area contributed by atoms with Crippen molar-refractivity contribution in [3.8, 4) is 0 Å². The van der Waals surface area contributed by atoms with Crippen molar-refractivity contribution in [1.29, 1.82) is 0 Å². The molecule has 0 N–H and O–H groups in total. The molecule has 0 spiro atoms. The highest BCUT2D eigenvalue weighted by molar-refractivity contribution is 15.0. The highest BCUT2D eigenvalue weighted by Gasteiger charge is 2.01. The number of rotatable bonds is 0. The highest BCUT2D eigenvalue weighted by Crippen LogP contribution is 2.20. The van der Waals surface area contributed by atoms with Crippen LogP contribution in [0.2, 0.25) is 0 Å². The van der Waals surface area contributed by atoms with Crippen molar-refractivity contribution in [1.82, 2.24) is 4.57 Å². The Bertz CT molecular complexity index is 432. The van der Waals surface area contributed by atoms with Gasteiger partial charge in [-0.1, -0.05) is 11.6 Å². The number of hydrogen-bond donors (Lipinski definition) is 0. The first-order valence-electron chi connectivity index (χ1n) is 4.35. The summed E-state index contributed by atoms with van der Waals surface area (Å²) in [6.45, 7) is 4.29. The zero-order valence-electron chi connectivity index (χ0n) is 8.51. The van der Waals surface area contributed by atoms with E-state index in [1.807, 2.05) is 0 Å². The molecule has 0 bridgehead atoms. The van der Waals surface area contributed by atoms with Gasteiger partial charge in [0.1, 0.15) is 0 Å². The monoisotopic (exact) mass is 413 g/mol. The van der Waals surface area contributed by atoms with E-state index >= 15 is 0 Å². The Morgan fingerprint density at radius 1 is 1.14 bits per heavy atom. The Morgan fingerprint density at radius 3 is 2.43 bits per heavy atom. The van der Waals surface area contributed by atoms with E-state index in [1.165, 1.54) is 22.0 Å². The maximum Gasteiger partial charge on any atom is 0.0480 e. The number of nitrogens with zero attached hydrogens (tertiary/aromatic N) is 1. The molecule has 0 amide bonds. The Balaban J connectivity index is 0.000000461. The fourth-order valence-electron chi connectivity index (χ4n) is 1.70. The van der Waals surface area contributed by atoms with Crippen molar-refractivity contribution in [3.05, 3.63) is 35.5 Å². The van der Waals surface area contributed by atoms with Crippen LogP contribution in [0.25, 0.3) is 10.9 Å². The summed E-state index contributed by atoms with van der Waals surface area (Å²) in [6, 6.07) is 6.57. The van der Waals surface area contributed by atoms with Crippen molar-refractivity contribution >= 4 is 48.1 Å². The summed E-state index contributed by atoms with van der Waals surface area (Å²) in [5.74, 6) is 0. The average Bonchev–Trinajstić information content (AvgIpc) is 2.46. The van der Waals surface area contributed by atoms with Crippen molar-refractivity contribution in [2.45, 2.75) is 13.8 Å². The quantitative estimate of drug-likeness (QED) is 0.558. The Kier molecular flexibility index (Phi) is 4.69. The third-order valence-electron chi connectivity index (χ3n) is 2.34. The second-order valence-corrected chi connectivity index (χ2v) is 3.44. The minimum absolute atomic E-state index is 1.32. The van der Waals surface area contributed by atoms with Crippen molar-refractivity contribution < 1.29 is 0 Å². The smallest absolute Gasteiger partial charge is 0.0480 e. The number of halogens is 2. The van der Waals surface area contributed by atoms with E-state index in [0.717, 1.165) is 0 Å². The van der Waals surface area contributed by atoms with Crippen LogP contribution in [-0.4, -0.2) is 4.57 Å². The number of benzene rings is 1. The van der Waals surface area contributed by atoms with Crippen LogP contribution < -0.4 is 0 Å². The summed E-state index contributed by atoms with van der Waals surface area (Å²) in [4.78, 5) is 0. The van der Waals surface area contributed by atoms with Gasteiger partial charge in [0.25, 0.3) is 0 Å². The normalized spacial score (nSPS) is 9.79. The SMILES string of the molecule is Cc1ccc2c(c1)c(C)cn2C.II. The lowest BCUT2D eigenvalue weighted by Gasteiger charge is -1.96. The predicted octanol–water partition coefficient (Wildman–Crippen LogP) is 4.57. The van der Waals surface area contributed by atoms with Gasteiger partial charge >= 0.3 is 0 Å². The van der Waals surface area contributed by atoms with Crippen LogP contribution in [0.4, 0.5) is 0 Å². The van der Waals surface area contributed by atoms with Crippen LogP contribution in [0.15, 0.2) is 24.4 Å². The molecule has 0 aliphatic heterocycles. The van der Waals surface area contributed by atoms with Gasteiger partial charge in [-0.25, -0.2) is 0 Å². The first kappa shape index (κ1) is 12.3. The maximum absolute atomic E-state index is 2.24. The Hall–Kier alpha value is 0.220. The molecule has 0 atom stereocenters. The number of aromatic nitrogens is 1. The molecule has 2 rings (SSSR count). The molecule has 0 unspecified atom stereocenters. The molecule has 0 fully saturated rings. The van der Waals surface area contributed by atoms with Gasteiger partial charge in [0.2, 0.25) is 0 Å². The molecule has 0 saturated heterocycles. The van der Waals surface area contributed by atoms with Crippen LogP contribution in [0.5, 0.6) is 0 Å². The summed E-state index contributed by atoms with van der Waals surface area (Å²) in [5, 5.41) is 1.37. The van der Waals surface area contributed by atoms with Gasteiger partial charge in [0, 0.05) is 61.4 Å². The molecule has 3 heteroatoms. The summed E-state index contributed by atoms with van der Waals surface area (Å²) >= 11 is 4.24. The van der Waals surface area contributed by atoms with Crippen molar-refractivity contribution in [2.75, 3.05) is 0 Å². The molecule has 14 heavy (non-hydrogen) atoms. The van der Waals surface area contributed by atoms with Gasteiger partial charge in [0.05, 0.1) is 0 Å². The number of fused-ring (bicyclic) bond motifs is 1. The molecule has 1 aromatic carbocycles. The molecule has 0 aliphatic carbocycles. The average molecular weight is 413 g/mol. The Labute approximate surface area is 108 Å². The lowest BCUT2D eigenvalue weighted by Crippen LogP contribution is -1.82. The van der Waals surface area contributed by atoms with E-state index in [-0.39, 0.29) is 0 Å². The Morgan fingerprint density at radius 2 is 1.79 bits per heavy atom. The molecule has 76 valence electrons. The second-order valence-electron chi connectivity index (χ2n) is 3.44. The first-order chi connectivity index (χ1) is 6.68. The lowest BCUT2D eigenvalue weighted by atomic mass is 10.1. The van der Waals surface area contributed by atoms with E-state index in [1.54, 1.807) is 0 Å². The molecule has 2 aromatic rings. The molecule has 0 saturated carbocycles. The van der Waals surface area contributed by atoms with E-state index in [2.05, 4.69) is 87.1 Å². The van der Waals surface area contributed by atoms with Gasteiger partial charge in [-0.2, -0.15) is 0 Å². The number of hydrogen-bond acceptors (Lipinski definition) is 0. The first-order valence-corrected chi connectivity index (χ1v) is 10.6. The summed E-state index contributed by atoms with van der Waals surface area (Å²) in [7, 11) is 2.09. The van der Waals surface area contributed by atoms with E-state index in [9.17, 15) is 0 Å². The van der Waals surface area contributed by atoms with Gasteiger partial charge < -0.3 is 4.57 Å². The standard InChI is InChI=1S/C11H13N.I2/c1-8-4-5-11-10(6-8)9(2)7-12(11)3;1-2/h4-7H,1-3H3;. The molecule has 0 radical (unpaired) electrons. The van der Waals surface area contributed by atoms with E-state index in [4.69, 9.17) is 0 Å². The minimum atomic E-state index is 1.32. The van der Waals surface area contributed by atoms with Crippen LogP contribution in [0, 0.1) is 13.8 Å². The van der Waals surface area contributed by atoms with Crippen LogP contribution in [0.1, 0.15) is 11.1 Å². The third kappa shape index (κ3) is 2.42. The lowest BCUT2D eigenvalue weighted by molar-refractivity contribution is 0.964. The fraction of sp³-hybridized carbons (Fsp3) is 0.273. The van der Waals surface area contributed by atoms with E-state index < -0.39 is 0 Å². The van der Waals surface area contributed by atoms with Crippen LogP contribution >= 0.6 is 37.2 Å². The topological polar surface area (TPSA) is 4.93 Å². The largest absolute Gasteiger partial charge is 0.350 e. The zero-order valence-corrected chi connectivity index (χ0v) is 12.8. The molecule has 1 heterocycles. The third-order valence-corrected chi connectivity index (χ3v) is 2.34. The molecule has 0 aliphatic rings. The summed E-state index contributed by atoms with van der Waals surface area (Å²) in [6.07, 6.45) is 2.17. The molecule has 1 nitrogen and oxygen atoms in total. The van der Waals surface area contributed by atoms with Gasteiger partial charge in [-0.05, 0) is 31.5 Å². The van der Waals surface area contributed by atoms with Gasteiger partial charge in [-0.3, -0.25) is 0 Å². The highest BCUT2D eigenvalue weighted by atomic mass is 128. The van der Waals surface area contributed by atoms with Crippen LogP contribution in [0.3, 0.4) is 0 Å². The zero-order chi connectivity index (χ0) is 10.7. The molecular formula is C11H13I2N. The predicted molar refractivity (Wildman–Crippen MR) is 80.4 cm³/mol. The van der Waals surface area contributed by atoms with Crippen molar-refractivity contribution in [3.63, 3.8) is 0 Å². The molecular weight excluding hydrogens is 400 g/mol. The maximum atomic E-state index is 2.24. The second kappa shape index (κ2) is 5.34. The van der Waals surface area contributed by atoms with Crippen LogP contribution in [-0.2, 0) is 7.05 Å². The molecule has 1 aromatic heterocycles. The summed E-state index contributed by atoms with van der Waals surface area (Å²) < 4.78 is 2.17. The number of aryl methyl sites for hydroxylation is 3. The summed E-state index contributed by atoms with van der Waals surface area (Å²) in [5.41, 5.74) is 4.01. The van der Waals surface area contributed by atoms with Crippen molar-refractivity contribution in [2.24, 2.45) is 7.05 Å². The van der Waals surface area contributed by atoms with Gasteiger partial charge in [0.15, 0.2) is 0 Å². The van der Waals surface area contributed by atoms with E-state index in [0.29, 0.717) is 0 Å².